The van der Waals surface area contributed by atoms with E-state index in [2.05, 4.69) is 10.3 Å². The number of nitrogens with two attached hydrogens (primary N) is 1. The lowest BCUT2D eigenvalue weighted by molar-refractivity contribution is 0.0813. The highest BCUT2D eigenvalue weighted by Gasteiger charge is 2.21. The molecule has 0 radical (unpaired) electrons. The van der Waals surface area contributed by atoms with Crippen LogP contribution >= 0.6 is 11.3 Å². The van der Waals surface area contributed by atoms with Gasteiger partial charge in [0.2, 0.25) is 0 Å². The van der Waals surface area contributed by atoms with Crippen LogP contribution in [0.15, 0.2) is 24.3 Å². The Balaban J connectivity index is 1.51. The third kappa shape index (κ3) is 3.56. The molecular weight excluding hydrogens is 314 g/mol. The Bertz CT molecular complexity index is 702. The van der Waals surface area contributed by atoms with Crippen LogP contribution in [0, 0.1) is 0 Å². The summed E-state index contributed by atoms with van der Waals surface area (Å²) in [6.07, 6.45) is 1.30. The highest BCUT2D eigenvalue weighted by Crippen LogP contribution is 2.31. The number of nitrogen functional groups attached to an aromatic ring is 1. The Morgan fingerprint density at radius 3 is 3.00 bits per heavy atom. The van der Waals surface area contributed by atoms with Gasteiger partial charge in [-0.25, -0.2) is 4.98 Å². The standard InChI is InChI=1S/C16H19N3O3S/c1-2-11-14(23-16(17)19-11)15(20)18-8-7-10-9-21-12-5-3-4-6-13(12)22-10/h3-6,10H,2,7-9H2,1H3,(H2,17,19)(H,18,20)/t10-/m1/s1. The van der Waals surface area contributed by atoms with Gasteiger partial charge in [0.15, 0.2) is 16.6 Å². The molecule has 0 unspecified atom stereocenters. The summed E-state index contributed by atoms with van der Waals surface area (Å²) in [5.74, 6) is 1.38. The number of benzene rings is 1. The highest BCUT2D eigenvalue weighted by atomic mass is 32.1. The number of nitrogens with one attached hydrogen (secondary N) is 1. The lowest BCUT2D eigenvalue weighted by Gasteiger charge is -2.26. The van der Waals surface area contributed by atoms with E-state index in [4.69, 9.17) is 15.2 Å². The zero-order valence-electron chi connectivity index (χ0n) is 12.9. The maximum atomic E-state index is 12.2. The fourth-order valence-electron chi connectivity index (χ4n) is 2.42. The van der Waals surface area contributed by atoms with Gasteiger partial charge in [-0.05, 0) is 18.6 Å². The number of nitrogens with zero attached hydrogens (tertiary/aromatic N) is 1. The minimum absolute atomic E-state index is 0.0672. The number of thiazole rings is 1. The van der Waals surface area contributed by atoms with E-state index in [9.17, 15) is 4.79 Å². The Hall–Kier alpha value is -2.28. The van der Waals surface area contributed by atoms with Crippen molar-refractivity contribution in [1.29, 1.82) is 0 Å². The number of anilines is 1. The summed E-state index contributed by atoms with van der Waals surface area (Å²) in [6, 6.07) is 7.59. The predicted molar refractivity (Wildman–Crippen MR) is 89.2 cm³/mol. The van der Waals surface area contributed by atoms with Gasteiger partial charge in [-0.15, -0.1) is 0 Å². The molecular formula is C16H19N3O3S. The van der Waals surface area contributed by atoms with Crippen molar-refractivity contribution >= 4 is 22.4 Å². The van der Waals surface area contributed by atoms with Crippen molar-refractivity contribution in [2.75, 3.05) is 18.9 Å². The van der Waals surface area contributed by atoms with Gasteiger partial charge in [0.1, 0.15) is 17.6 Å². The van der Waals surface area contributed by atoms with Crippen LogP contribution in [0.25, 0.3) is 0 Å². The molecule has 0 bridgehead atoms. The van der Waals surface area contributed by atoms with Crippen molar-refractivity contribution in [2.24, 2.45) is 0 Å². The second-order valence-corrected chi connectivity index (χ2v) is 6.25. The molecule has 3 rings (SSSR count). The Morgan fingerprint density at radius 2 is 2.22 bits per heavy atom. The number of rotatable bonds is 5. The van der Waals surface area contributed by atoms with Crippen molar-refractivity contribution in [3.8, 4) is 11.5 Å². The van der Waals surface area contributed by atoms with E-state index in [0.717, 1.165) is 17.2 Å². The second-order valence-electron chi connectivity index (χ2n) is 5.22. The number of aromatic nitrogens is 1. The van der Waals surface area contributed by atoms with Gasteiger partial charge in [-0.2, -0.15) is 0 Å². The second kappa shape index (κ2) is 6.87. The molecule has 1 aliphatic heterocycles. The van der Waals surface area contributed by atoms with Crippen molar-refractivity contribution in [3.05, 3.63) is 34.8 Å². The van der Waals surface area contributed by atoms with Crippen LogP contribution in [0.2, 0.25) is 0 Å². The number of fused-ring (bicyclic) bond motifs is 1. The monoisotopic (exact) mass is 333 g/mol. The zero-order chi connectivity index (χ0) is 16.2. The number of carbonyl (C=O) groups is 1. The first kappa shape index (κ1) is 15.6. The van der Waals surface area contributed by atoms with Crippen molar-refractivity contribution in [3.63, 3.8) is 0 Å². The van der Waals surface area contributed by atoms with Gasteiger partial charge in [0, 0.05) is 13.0 Å². The number of hydrogen-bond acceptors (Lipinski definition) is 6. The molecule has 0 saturated carbocycles. The summed E-state index contributed by atoms with van der Waals surface area (Å²) < 4.78 is 11.5. The topological polar surface area (TPSA) is 86.5 Å². The molecule has 23 heavy (non-hydrogen) atoms. The molecule has 0 saturated heterocycles. The molecule has 3 N–H and O–H groups in total. The maximum Gasteiger partial charge on any atom is 0.263 e. The lowest BCUT2D eigenvalue weighted by atomic mass is 10.2. The maximum absolute atomic E-state index is 12.2. The lowest BCUT2D eigenvalue weighted by Crippen LogP contribution is -2.34. The van der Waals surface area contributed by atoms with Gasteiger partial charge >= 0.3 is 0 Å². The van der Waals surface area contributed by atoms with Gasteiger partial charge in [-0.1, -0.05) is 30.4 Å². The zero-order valence-corrected chi connectivity index (χ0v) is 13.7. The van der Waals surface area contributed by atoms with E-state index in [1.165, 1.54) is 11.3 Å². The van der Waals surface area contributed by atoms with Crippen molar-refractivity contribution in [1.82, 2.24) is 10.3 Å². The number of aryl methyl sites for hydroxylation is 1. The Labute approximate surface area is 138 Å². The van der Waals surface area contributed by atoms with E-state index in [-0.39, 0.29) is 12.0 Å². The minimum atomic E-state index is -0.131. The molecule has 0 aliphatic carbocycles. The third-order valence-electron chi connectivity index (χ3n) is 3.57. The van der Waals surface area contributed by atoms with E-state index >= 15 is 0 Å². The van der Waals surface area contributed by atoms with Crippen LogP contribution < -0.4 is 20.5 Å². The fourth-order valence-corrected chi connectivity index (χ4v) is 3.26. The number of ether oxygens (including phenoxy) is 2. The van der Waals surface area contributed by atoms with Gasteiger partial charge in [0.05, 0.1) is 5.69 Å². The van der Waals surface area contributed by atoms with Crippen LogP contribution in [0.4, 0.5) is 5.13 Å². The summed E-state index contributed by atoms with van der Waals surface area (Å²) in [5.41, 5.74) is 6.42. The number of amides is 1. The molecule has 1 aromatic carbocycles. The van der Waals surface area contributed by atoms with Crippen molar-refractivity contribution < 1.29 is 14.3 Å². The van der Waals surface area contributed by atoms with Crippen LogP contribution in [0.5, 0.6) is 11.5 Å². The van der Waals surface area contributed by atoms with E-state index in [1.807, 2.05) is 31.2 Å². The number of hydrogen-bond donors (Lipinski definition) is 2. The average Bonchev–Trinajstić information content (AvgIpc) is 2.96. The van der Waals surface area contributed by atoms with Crippen molar-refractivity contribution in [2.45, 2.75) is 25.9 Å². The molecule has 122 valence electrons. The quantitative estimate of drug-likeness (QED) is 0.876. The number of carbonyl (C=O) groups excluding carboxylic acids is 1. The predicted octanol–water partition coefficient (Wildman–Crippen LogP) is 2.25. The largest absolute Gasteiger partial charge is 0.486 e. The SMILES string of the molecule is CCc1nc(N)sc1C(=O)NCC[C@@H]1COc2ccccc2O1. The summed E-state index contributed by atoms with van der Waals surface area (Å²) in [5, 5.41) is 3.32. The molecule has 2 aromatic rings. The van der Waals surface area contributed by atoms with Crippen LogP contribution in [-0.2, 0) is 6.42 Å². The van der Waals surface area contributed by atoms with E-state index < -0.39 is 0 Å². The summed E-state index contributed by atoms with van der Waals surface area (Å²) >= 11 is 1.22. The molecule has 1 aliphatic rings. The Morgan fingerprint density at radius 1 is 1.43 bits per heavy atom. The molecule has 1 amide bonds. The first-order valence-corrected chi connectivity index (χ1v) is 8.41. The fraction of sp³-hybridized carbons (Fsp3) is 0.375. The van der Waals surface area contributed by atoms with Gasteiger partial charge < -0.3 is 20.5 Å². The van der Waals surface area contributed by atoms with E-state index in [1.54, 1.807) is 0 Å². The smallest absolute Gasteiger partial charge is 0.263 e. The molecule has 1 aromatic heterocycles. The van der Waals surface area contributed by atoms with Crippen LogP contribution in [-0.4, -0.2) is 30.1 Å². The first-order chi connectivity index (χ1) is 11.2. The number of para-hydroxylation sites is 2. The summed E-state index contributed by atoms with van der Waals surface area (Å²) in [6.45, 7) is 2.95. The van der Waals surface area contributed by atoms with Crippen LogP contribution in [0.3, 0.4) is 0 Å². The molecule has 1 atom stereocenters. The summed E-state index contributed by atoms with van der Waals surface area (Å²) in [7, 11) is 0. The molecule has 0 spiro atoms. The minimum Gasteiger partial charge on any atom is -0.486 e. The normalized spacial score (nSPS) is 16.1. The third-order valence-corrected chi connectivity index (χ3v) is 4.50. The Kier molecular flexibility index (Phi) is 4.66. The van der Waals surface area contributed by atoms with E-state index in [0.29, 0.717) is 36.0 Å². The molecule has 2 heterocycles. The highest BCUT2D eigenvalue weighted by molar-refractivity contribution is 7.17. The van der Waals surface area contributed by atoms with Gasteiger partial charge in [0.25, 0.3) is 5.91 Å². The summed E-state index contributed by atoms with van der Waals surface area (Å²) in [4.78, 5) is 17.0. The molecule has 0 fully saturated rings. The van der Waals surface area contributed by atoms with Crippen LogP contribution in [0.1, 0.15) is 28.7 Å². The molecule has 7 heteroatoms. The average molecular weight is 333 g/mol. The molecule has 6 nitrogen and oxygen atoms in total. The van der Waals surface area contributed by atoms with Gasteiger partial charge in [-0.3, -0.25) is 4.79 Å². The first-order valence-electron chi connectivity index (χ1n) is 7.59.